The van der Waals surface area contributed by atoms with E-state index in [2.05, 4.69) is 49.1 Å². The van der Waals surface area contributed by atoms with Gasteiger partial charge in [0.2, 0.25) is 0 Å². The van der Waals surface area contributed by atoms with Gasteiger partial charge in [-0.3, -0.25) is 4.79 Å². The fourth-order valence-corrected chi connectivity index (χ4v) is 3.89. The van der Waals surface area contributed by atoms with E-state index in [0.717, 1.165) is 17.9 Å². The summed E-state index contributed by atoms with van der Waals surface area (Å²) in [5, 5.41) is 0. The third-order valence-corrected chi connectivity index (χ3v) is 5.51. The topological polar surface area (TPSA) is 26.3 Å². The molecule has 27 heavy (non-hydrogen) atoms. The fraction of sp³-hybridized carbons (Fsp3) is 0.560. The normalized spacial score (nSPS) is 17.4. The minimum Gasteiger partial charge on any atom is -0.469 e. The van der Waals surface area contributed by atoms with Gasteiger partial charge in [-0.15, -0.1) is 5.92 Å². The molecule has 0 aromatic heterocycles. The van der Waals surface area contributed by atoms with Crippen LogP contribution in [0.3, 0.4) is 0 Å². The van der Waals surface area contributed by atoms with Crippen molar-refractivity contribution in [3.05, 3.63) is 47.0 Å². The third-order valence-electron chi connectivity index (χ3n) is 5.51. The quantitative estimate of drug-likeness (QED) is 0.295. The fourth-order valence-electron chi connectivity index (χ4n) is 3.89. The molecule has 1 aliphatic rings. The summed E-state index contributed by atoms with van der Waals surface area (Å²) in [5.41, 5.74) is 4.10. The van der Waals surface area contributed by atoms with Crippen molar-refractivity contribution in [3.63, 3.8) is 0 Å². The summed E-state index contributed by atoms with van der Waals surface area (Å²) in [5.74, 6) is 6.57. The lowest BCUT2D eigenvalue weighted by Crippen LogP contribution is -2.07. The van der Waals surface area contributed by atoms with E-state index in [1.165, 1.54) is 57.6 Å². The number of hydrogen-bond acceptors (Lipinski definition) is 2. The van der Waals surface area contributed by atoms with Crippen LogP contribution in [-0.2, 0) is 16.0 Å². The molecule has 1 aromatic carbocycles. The first kappa shape index (κ1) is 21.3. The number of esters is 1. The number of rotatable bonds is 9. The SMILES string of the molecule is CC#CC(CC(=O)OC)c1ccc(CCC2=CC(CCCC)CCC2)cc1. The number of benzene rings is 1. The Kier molecular flexibility index (Phi) is 9.19. The minimum absolute atomic E-state index is 0.0862. The zero-order chi connectivity index (χ0) is 19.5. The molecule has 0 spiro atoms. The Bertz CT molecular complexity index is 673. The van der Waals surface area contributed by atoms with Crippen LogP contribution in [0.4, 0.5) is 0 Å². The summed E-state index contributed by atoms with van der Waals surface area (Å²) in [7, 11) is 1.43. The van der Waals surface area contributed by atoms with Crippen LogP contribution in [0, 0.1) is 17.8 Å². The van der Waals surface area contributed by atoms with Gasteiger partial charge >= 0.3 is 5.97 Å². The standard InChI is InChI=1S/C25H34O2/c1-4-6-9-21-10-7-11-22(18-21)13-12-20-14-16-23(17-15-20)24(8-5-2)19-25(26)27-3/h14-18,21,24H,4,6-7,9-13,19H2,1-3H3. The van der Waals surface area contributed by atoms with Crippen molar-refractivity contribution in [2.24, 2.45) is 5.92 Å². The van der Waals surface area contributed by atoms with Crippen LogP contribution in [0.15, 0.2) is 35.9 Å². The second-order valence-corrected chi connectivity index (χ2v) is 7.59. The third kappa shape index (κ3) is 7.25. The van der Waals surface area contributed by atoms with E-state index in [1.54, 1.807) is 5.57 Å². The highest BCUT2D eigenvalue weighted by molar-refractivity contribution is 5.71. The van der Waals surface area contributed by atoms with E-state index in [4.69, 9.17) is 4.74 Å². The van der Waals surface area contributed by atoms with Gasteiger partial charge in [-0.25, -0.2) is 0 Å². The van der Waals surface area contributed by atoms with E-state index in [0.29, 0.717) is 6.42 Å². The number of unbranched alkanes of at least 4 members (excludes halogenated alkanes) is 1. The molecule has 146 valence electrons. The molecule has 0 radical (unpaired) electrons. The lowest BCUT2D eigenvalue weighted by molar-refractivity contribution is -0.140. The molecule has 0 amide bonds. The number of hydrogen-bond donors (Lipinski definition) is 0. The van der Waals surface area contributed by atoms with E-state index in [9.17, 15) is 4.79 Å². The molecule has 2 atom stereocenters. The lowest BCUT2D eigenvalue weighted by Gasteiger charge is -2.21. The Morgan fingerprint density at radius 1 is 1.26 bits per heavy atom. The van der Waals surface area contributed by atoms with Crippen molar-refractivity contribution in [2.45, 2.75) is 77.6 Å². The molecule has 0 aliphatic heterocycles. The van der Waals surface area contributed by atoms with Crippen molar-refractivity contribution in [1.29, 1.82) is 0 Å². The predicted molar refractivity (Wildman–Crippen MR) is 113 cm³/mol. The van der Waals surface area contributed by atoms with E-state index >= 15 is 0 Å². The average Bonchev–Trinajstić information content (AvgIpc) is 2.71. The van der Waals surface area contributed by atoms with Crippen LogP contribution in [0.2, 0.25) is 0 Å². The van der Waals surface area contributed by atoms with Crippen LogP contribution >= 0.6 is 0 Å². The molecule has 2 unspecified atom stereocenters. The van der Waals surface area contributed by atoms with Crippen molar-refractivity contribution < 1.29 is 9.53 Å². The molecule has 0 bridgehead atoms. The molecule has 1 aromatic rings. The summed E-state index contributed by atoms with van der Waals surface area (Å²) < 4.78 is 4.80. The Hall–Kier alpha value is -2.01. The summed E-state index contributed by atoms with van der Waals surface area (Å²) in [6.07, 6.45) is 13.1. The molecular formula is C25H34O2. The monoisotopic (exact) mass is 366 g/mol. The maximum absolute atomic E-state index is 11.6. The zero-order valence-electron chi connectivity index (χ0n) is 17.2. The Morgan fingerprint density at radius 3 is 2.70 bits per heavy atom. The second kappa shape index (κ2) is 11.7. The van der Waals surface area contributed by atoms with Gasteiger partial charge in [0, 0.05) is 0 Å². The number of methoxy groups -OCH3 is 1. The number of allylic oxidation sites excluding steroid dienone is 2. The Labute approximate surface area is 165 Å². The minimum atomic E-state index is -0.214. The summed E-state index contributed by atoms with van der Waals surface area (Å²) in [6, 6.07) is 8.61. The van der Waals surface area contributed by atoms with Crippen molar-refractivity contribution >= 4 is 5.97 Å². The van der Waals surface area contributed by atoms with Gasteiger partial charge in [-0.05, 0) is 62.5 Å². The van der Waals surface area contributed by atoms with Gasteiger partial charge in [0.1, 0.15) is 0 Å². The highest BCUT2D eigenvalue weighted by Crippen LogP contribution is 2.29. The van der Waals surface area contributed by atoms with Crippen LogP contribution in [0.1, 0.15) is 82.3 Å². The maximum Gasteiger partial charge on any atom is 0.307 e. The summed E-state index contributed by atoms with van der Waals surface area (Å²) >= 11 is 0. The largest absolute Gasteiger partial charge is 0.469 e. The molecular weight excluding hydrogens is 332 g/mol. The first-order chi connectivity index (χ1) is 13.2. The number of carbonyl (C=O) groups excluding carboxylic acids is 1. The first-order valence-corrected chi connectivity index (χ1v) is 10.4. The van der Waals surface area contributed by atoms with Gasteiger partial charge < -0.3 is 4.74 Å². The maximum atomic E-state index is 11.6. The molecule has 0 saturated heterocycles. The van der Waals surface area contributed by atoms with Gasteiger partial charge in [-0.1, -0.05) is 61.6 Å². The molecule has 2 heteroatoms. The molecule has 1 aliphatic carbocycles. The molecule has 2 rings (SSSR count). The molecule has 0 heterocycles. The van der Waals surface area contributed by atoms with Crippen molar-refractivity contribution in [1.82, 2.24) is 0 Å². The molecule has 0 saturated carbocycles. The van der Waals surface area contributed by atoms with Crippen molar-refractivity contribution in [3.8, 4) is 11.8 Å². The smallest absolute Gasteiger partial charge is 0.307 e. The summed E-state index contributed by atoms with van der Waals surface area (Å²) in [4.78, 5) is 11.6. The molecule has 0 fully saturated rings. The zero-order valence-corrected chi connectivity index (χ0v) is 17.2. The predicted octanol–water partition coefficient (Wildman–Crippen LogP) is 6.21. The summed E-state index contributed by atoms with van der Waals surface area (Å²) in [6.45, 7) is 4.09. The van der Waals surface area contributed by atoms with Gasteiger partial charge in [0.25, 0.3) is 0 Å². The highest BCUT2D eigenvalue weighted by Gasteiger charge is 2.15. The van der Waals surface area contributed by atoms with E-state index in [1.807, 2.05) is 6.92 Å². The molecule has 2 nitrogen and oxygen atoms in total. The van der Waals surface area contributed by atoms with Gasteiger partial charge in [0.05, 0.1) is 19.4 Å². The first-order valence-electron chi connectivity index (χ1n) is 10.4. The molecule has 0 N–H and O–H groups in total. The average molecular weight is 367 g/mol. The van der Waals surface area contributed by atoms with Crippen LogP contribution < -0.4 is 0 Å². The highest BCUT2D eigenvalue weighted by atomic mass is 16.5. The Morgan fingerprint density at radius 2 is 2.04 bits per heavy atom. The Balaban J connectivity index is 1.93. The van der Waals surface area contributed by atoms with E-state index in [-0.39, 0.29) is 11.9 Å². The number of ether oxygens (including phenoxy) is 1. The van der Waals surface area contributed by atoms with E-state index < -0.39 is 0 Å². The van der Waals surface area contributed by atoms with Crippen LogP contribution in [0.25, 0.3) is 0 Å². The van der Waals surface area contributed by atoms with Crippen molar-refractivity contribution in [2.75, 3.05) is 7.11 Å². The van der Waals surface area contributed by atoms with Gasteiger partial charge in [0.15, 0.2) is 0 Å². The number of carbonyl (C=O) groups is 1. The lowest BCUT2D eigenvalue weighted by atomic mass is 9.85. The van der Waals surface area contributed by atoms with Crippen LogP contribution in [0.5, 0.6) is 0 Å². The van der Waals surface area contributed by atoms with Gasteiger partial charge in [-0.2, -0.15) is 0 Å². The van der Waals surface area contributed by atoms with Crippen LogP contribution in [-0.4, -0.2) is 13.1 Å². The number of aryl methyl sites for hydroxylation is 1. The second-order valence-electron chi connectivity index (χ2n) is 7.59.